The number of aromatic nitrogens is 1. The Balaban J connectivity index is 1.78. The van der Waals surface area contributed by atoms with E-state index in [0.29, 0.717) is 6.54 Å². The van der Waals surface area contributed by atoms with Crippen LogP contribution in [0, 0.1) is 19.8 Å². The maximum Gasteiger partial charge on any atom is 0.225 e. The highest BCUT2D eigenvalue weighted by atomic mass is 32.1. The van der Waals surface area contributed by atoms with E-state index in [9.17, 15) is 9.90 Å². The zero-order chi connectivity index (χ0) is 13.1. The third-order valence-electron chi connectivity index (χ3n) is 3.47. The van der Waals surface area contributed by atoms with Crippen LogP contribution in [0.3, 0.4) is 0 Å². The molecule has 5 heteroatoms. The molecule has 1 heterocycles. The molecule has 2 N–H and O–H groups in total. The summed E-state index contributed by atoms with van der Waals surface area (Å²) in [6, 6.07) is 0. The van der Waals surface area contributed by atoms with Crippen LogP contribution in [0.15, 0.2) is 0 Å². The SMILES string of the molecule is Cc1nc(C)c(CCNC(=O)C2CCCC2O)s1. The molecule has 1 aliphatic rings. The lowest BCUT2D eigenvalue weighted by molar-refractivity contribution is -0.127. The van der Waals surface area contributed by atoms with Crippen LogP contribution >= 0.6 is 11.3 Å². The van der Waals surface area contributed by atoms with Gasteiger partial charge in [-0.3, -0.25) is 4.79 Å². The lowest BCUT2D eigenvalue weighted by Crippen LogP contribution is -2.35. The smallest absolute Gasteiger partial charge is 0.225 e. The summed E-state index contributed by atoms with van der Waals surface area (Å²) >= 11 is 1.69. The van der Waals surface area contributed by atoms with Gasteiger partial charge in [0.25, 0.3) is 0 Å². The highest BCUT2D eigenvalue weighted by Gasteiger charge is 2.31. The van der Waals surface area contributed by atoms with Crippen molar-refractivity contribution in [1.29, 1.82) is 0 Å². The Morgan fingerprint density at radius 2 is 2.28 bits per heavy atom. The van der Waals surface area contributed by atoms with Gasteiger partial charge in [0.2, 0.25) is 5.91 Å². The average molecular weight is 268 g/mol. The number of amides is 1. The van der Waals surface area contributed by atoms with Gasteiger partial charge in [-0.2, -0.15) is 0 Å². The van der Waals surface area contributed by atoms with E-state index >= 15 is 0 Å². The standard InChI is InChI=1S/C13H20N2O2S/c1-8-12(18-9(2)15-8)6-7-14-13(17)10-4-3-5-11(10)16/h10-11,16H,3-7H2,1-2H3,(H,14,17). The first-order valence-electron chi connectivity index (χ1n) is 6.46. The minimum absolute atomic E-state index is 0.00103. The molecule has 4 nitrogen and oxygen atoms in total. The Labute approximate surface area is 111 Å². The number of aliphatic hydroxyl groups excluding tert-OH is 1. The number of nitrogens with zero attached hydrogens (tertiary/aromatic N) is 1. The highest BCUT2D eigenvalue weighted by molar-refractivity contribution is 7.11. The van der Waals surface area contributed by atoms with E-state index < -0.39 is 6.10 Å². The molecule has 2 atom stereocenters. The van der Waals surface area contributed by atoms with Gasteiger partial charge >= 0.3 is 0 Å². The first-order chi connectivity index (χ1) is 8.58. The molecule has 0 saturated heterocycles. The molecule has 1 fully saturated rings. The summed E-state index contributed by atoms with van der Waals surface area (Å²) in [5.74, 6) is -0.201. The second-order valence-corrected chi connectivity index (χ2v) is 6.17. The van der Waals surface area contributed by atoms with Gasteiger partial charge in [-0.1, -0.05) is 0 Å². The fraction of sp³-hybridized carbons (Fsp3) is 0.692. The molecule has 100 valence electrons. The van der Waals surface area contributed by atoms with Gasteiger partial charge in [0.15, 0.2) is 0 Å². The number of rotatable bonds is 4. The predicted octanol–water partition coefficient (Wildman–Crippen LogP) is 1.58. The van der Waals surface area contributed by atoms with Crippen LogP contribution in [0.25, 0.3) is 0 Å². The molecule has 0 bridgehead atoms. The number of carbonyl (C=O) groups excluding carboxylic acids is 1. The van der Waals surface area contributed by atoms with Gasteiger partial charge in [-0.15, -0.1) is 11.3 Å². The Morgan fingerprint density at radius 1 is 1.50 bits per heavy atom. The molecule has 2 rings (SSSR count). The van der Waals surface area contributed by atoms with Gasteiger partial charge in [-0.05, 0) is 33.1 Å². The first kappa shape index (κ1) is 13.5. The Morgan fingerprint density at radius 3 is 2.83 bits per heavy atom. The zero-order valence-electron chi connectivity index (χ0n) is 10.9. The quantitative estimate of drug-likeness (QED) is 0.871. The fourth-order valence-corrected chi connectivity index (χ4v) is 3.42. The number of nitrogens with one attached hydrogen (secondary N) is 1. The molecule has 0 spiro atoms. The van der Waals surface area contributed by atoms with E-state index in [2.05, 4.69) is 10.3 Å². The summed E-state index contributed by atoms with van der Waals surface area (Å²) in [4.78, 5) is 17.5. The zero-order valence-corrected chi connectivity index (χ0v) is 11.7. The number of aryl methyl sites for hydroxylation is 2. The number of aliphatic hydroxyl groups is 1. The van der Waals surface area contributed by atoms with Gasteiger partial charge in [0, 0.05) is 17.8 Å². The summed E-state index contributed by atoms with van der Waals surface area (Å²) in [6.07, 6.45) is 2.90. The van der Waals surface area contributed by atoms with Crippen molar-refractivity contribution in [3.63, 3.8) is 0 Å². The first-order valence-corrected chi connectivity index (χ1v) is 7.28. The van der Waals surface area contributed by atoms with E-state index in [1.165, 1.54) is 4.88 Å². The number of carbonyl (C=O) groups is 1. The Bertz CT molecular complexity index is 431. The minimum atomic E-state index is -0.447. The lowest BCUT2D eigenvalue weighted by Gasteiger charge is -2.14. The lowest BCUT2D eigenvalue weighted by atomic mass is 10.1. The van der Waals surface area contributed by atoms with Crippen LogP contribution in [0.2, 0.25) is 0 Å². The van der Waals surface area contributed by atoms with Crippen molar-refractivity contribution in [2.45, 2.75) is 45.6 Å². The van der Waals surface area contributed by atoms with Crippen LogP contribution in [-0.2, 0) is 11.2 Å². The third kappa shape index (κ3) is 3.09. The summed E-state index contributed by atoms with van der Waals surface area (Å²) in [5.41, 5.74) is 1.06. The van der Waals surface area contributed by atoms with Crippen LogP contribution in [-0.4, -0.2) is 28.6 Å². The normalized spacial score (nSPS) is 23.3. The number of hydrogen-bond donors (Lipinski definition) is 2. The summed E-state index contributed by atoms with van der Waals surface area (Å²) in [5, 5.41) is 13.6. The molecule has 1 amide bonds. The Kier molecular flexibility index (Phi) is 4.35. The molecule has 2 unspecified atom stereocenters. The molecular formula is C13H20N2O2S. The maximum absolute atomic E-state index is 11.9. The predicted molar refractivity (Wildman–Crippen MR) is 71.6 cm³/mol. The van der Waals surface area contributed by atoms with Crippen molar-refractivity contribution < 1.29 is 9.90 Å². The average Bonchev–Trinajstić information content (AvgIpc) is 2.85. The monoisotopic (exact) mass is 268 g/mol. The van der Waals surface area contributed by atoms with Crippen LogP contribution < -0.4 is 5.32 Å². The molecule has 0 aromatic carbocycles. The summed E-state index contributed by atoms with van der Waals surface area (Å²) in [6.45, 7) is 4.63. The fourth-order valence-electron chi connectivity index (χ4n) is 2.48. The summed E-state index contributed by atoms with van der Waals surface area (Å²) < 4.78 is 0. The van der Waals surface area contributed by atoms with Crippen LogP contribution in [0.5, 0.6) is 0 Å². The molecule has 0 aliphatic heterocycles. The topological polar surface area (TPSA) is 62.2 Å². The molecular weight excluding hydrogens is 248 g/mol. The van der Waals surface area contributed by atoms with E-state index in [1.807, 2.05) is 13.8 Å². The number of hydrogen-bond acceptors (Lipinski definition) is 4. The van der Waals surface area contributed by atoms with Crippen molar-refractivity contribution in [3.8, 4) is 0 Å². The summed E-state index contributed by atoms with van der Waals surface area (Å²) in [7, 11) is 0. The van der Waals surface area contributed by atoms with Crippen LogP contribution in [0.1, 0.15) is 34.8 Å². The molecule has 1 aromatic rings. The second-order valence-electron chi connectivity index (χ2n) is 4.89. The Hall–Kier alpha value is -0.940. The van der Waals surface area contributed by atoms with E-state index in [1.54, 1.807) is 11.3 Å². The highest BCUT2D eigenvalue weighted by Crippen LogP contribution is 2.25. The third-order valence-corrected chi connectivity index (χ3v) is 4.60. The maximum atomic E-state index is 11.9. The van der Waals surface area contributed by atoms with Crippen LogP contribution in [0.4, 0.5) is 0 Å². The van der Waals surface area contributed by atoms with Gasteiger partial charge in [0.05, 0.1) is 22.7 Å². The molecule has 18 heavy (non-hydrogen) atoms. The van der Waals surface area contributed by atoms with E-state index in [0.717, 1.165) is 36.4 Å². The number of thiazole rings is 1. The largest absolute Gasteiger partial charge is 0.392 e. The van der Waals surface area contributed by atoms with Gasteiger partial charge in [0.1, 0.15) is 0 Å². The van der Waals surface area contributed by atoms with Gasteiger partial charge in [-0.25, -0.2) is 4.98 Å². The van der Waals surface area contributed by atoms with Crippen molar-refractivity contribution in [2.75, 3.05) is 6.54 Å². The molecule has 0 radical (unpaired) electrons. The molecule has 1 saturated carbocycles. The second kappa shape index (κ2) is 5.80. The van der Waals surface area contributed by atoms with Crippen molar-refractivity contribution in [2.24, 2.45) is 5.92 Å². The van der Waals surface area contributed by atoms with Crippen molar-refractivity contribution >= 4 is 17.2 Å². The van der Waals surface area contributed by atoms with Crippen molar-refractivity contribution in [3.05, 3.63) is 15.6 Å². The van der Waals surface area contributed by atoms with E-state index in [-0.39, 0.29) is 11.8 Å². The molecule has 1 aliphatic carbocycles. The van der Waals surface area contributed by atoms with E-state index in [4.69, 9.17) is 0 Å². The van der Waals surface area contributed by atoms with Gasteiger partial charge < -0.3 is 10.4 Å². The van der Waals surface area contributed by atoms with Crippen molar-refractivity contribution in [1.82, 2.24) is 10.3 Å². The minimum Gasteiger partial charge on any atom is -0.392 e. The molecule has 1 aromatic heterocycles.